The number of pyridine rings is 1. The summed E-state index contributed by atoms with van der Waals surface area (Å²) in [5.41, 5.74) is 1.37. The normalized spacial score (nSPS) is 14.8. The highest BCUT2D eigenvalue weighted by Crippen LogP contribution is 2.20. The second kappa shape index (κ2) is 7.43. The van der Waals surface area contributed by atoms with E-state index in [4.69, 9.17) is 0 Å². The number of likely N-dealkylation sites (tertiary alicyclic amines) is 1. The minimum atomic E-state index is -3.50. The molecule has 1 saturated heterocycles. The van der Waals surface area contributed by atoms with Crippen molar-refractivity contribution in [2.75, 3.05) is 32.1 Å². The number of nitrogens with one attached hydrogen (secondary N) is 1. The molecule has 2 heterocycles. The van der Waals surface area contributed by atoms with Gasteiger partial charge in [-0.25, -0.2) is 18.1 Å². The van der Waals surface area contributed by atoms with E-state index in [1.807, 2.05) is 31.1 Å². The molecule has 0 radical (unpaired) electrons. The summed E-state index contributed by atoms with van der Waals surface area (Å²) in [6.45, 7) is 0.583. The number of hydrogen-bond donors (Lipinski definition) is 1. The van der Waals surface area contributed by atoms with E-state index >= 15 is 0 Å². The number of nitrogens with zero attached hydrogens (tertiary/aromatic N) is 3. The van der Waals surface area contributed by atoms with Gasteiger partial charge >= 0.3 is 0 Å². The molecule has 1 aliphatic heterocycles. The number of sulfonamides is 1. The minimum Gasteiger partial charge on any atom is -0.362 e. The highest BCUT2D eigenvalue weighted by atomic mass is 32.2. The van der Waals surface area contributed by atoms with Gasteiger partial charge in [0.25, 0.3) is 5.91 Å². The van der Waals surface area contributed by atoms with Crippen molar-refractivity contribution in [3.05, 3.63) is 59.8 Å². The second-order valence-electron chi connectivity index (χ2n) is 6.44. The van der Waals surface area contributed by atoms with Crippen LogP contribution in [-0.4, -0.2) is 56.6 Å². The maximum Gasteiger partial charge on any atom is 0.253 e. The number of amides is 1. The Morgan fingerprint density at radius 2 is 1.88 bits per heavy atom. The highest BCUT2D eigenvalue weighted by molar-refractivity contribution is 7.90. The zero-order valence-corrected chi connectivity index (χ0v) is 15.6. The lowest BCUT2D eigenvalue weighted by Crippen LogP contribution is -2.59. The Morgan fingerprint density at radius 3 is 2.54 bits per heavy atom. The van der Waals surface area contributed by atoms with Gasteiger partial charge in [0.1, 0.15) is 11.1 Å². The molecule has 0 atom stereocenters. The minimum absolute atomic E-state index is 0.140. The number of carbonyl (C=O) groups excluding carboxylic acids is 1. The molecule has 0 unspecified atom stereocenters. The first kappa shape index (κ1) is 18.3. The SMILES string of the molecule is CN(C)c1ncccc1CNS(=O)(=O)C1CN(C(=O)c2ccccc2)C1. The maximum absolute atomic E-state index is 12.5. The number of rotatable bonds is 6. The Kier molecular flexibility index (Phi) is 5.24. The molecule has 138 valence electrons. The van der Waals surface area contributed by atoms with Gasteiger partial charge in [0.05, 0.1) is 0 Å². The Morgan fingerprint density at radius 1 is 1.19 bits per heavy atom. The zero-order chi connectivity index (χ0) is 18.7. The molecule has 0 saturated carbocycles. The quantitative estimate of drug-likeness (QED) is 0.819. The summed E-state index contributed by atoms with van der Waals surface area (Å²) in [6.07, 6.45) is 1.67. The van der Waals surface area contributed by atoms with Crippen LogP contribution < -0.4 is 9.62 Å². The number of carbonyl (C=O) groups is 1. The van der Waals surface area contributed by atoms with E-state index in [-0.39, 0.29) is 25.5 Å². The van der Waals surface area contributed by atoms with Crippen molar-refractivity contribution in [3.63, 3.8) is 0 Å². The van der Waals surface area contributed by atoms with Crippen molar-refractivity contribution in [2.45, 2.75) is 11.8 Å². The van der Waals surface area contributed by atoms with Gasteiger partial charge in [0.15, 0.2) is 0 Å². The molecule has 8 heteroatoms. The first-order valence-corrected chi connectivity index (χ1v) is 9.87. The van der Waals surface area contributed by atoms with Crippen molar-refractivity contribution in [1.29, 1.82) is 0 Å². The first-order chi connectivity index (χ1) is 12.4. The Balaban J connectivity index is 1.59. The Bertz CT molecular complexity index is 878. The van der Waals surface area contributed by atoms with Gasteiger partial charge in [0, 0.05) is 51.1 Å². The summed E-state index contributed by atoms with van der Waals surface area (Å²) >= 11 is 0. The number of benzene rings is 1. The third kappa shape index (κ3) is 3.86. The molecular weight excluding hydrogens is 352 g/mol. The van der Waals surface area contributed by atoms with Gasteiger partial charge in [-0.15, -0.1) is 0 Å². The molecule has 1 amide bonds. The van der Waals surface area contributed by atoms with E-state index in [1.165, 1.54) is 0 Å². The van der Waals surface area contributed by atoms with Crippen LogP contribution in [-0.2, 0) is 16.6 Å². The smallest absolute Gasteiger partial charge is 0.253 e. The molecule has 1 aliphatic rings. The second-order valence-corrected chi connectivity index (χ2v) is 8.49. The lowest BCUT2D eigenvalue weighted by atomic mass is 10.1. The third-order valence-electron chi connectivity index (χ3n) is 4.35. The molecule has 0 aliphatic carbocycles. The van der Waals surface area contributed by atoms with Gasteiger partial charge in [-0.2, -0.15) is 0 Å². The van der Waals surface area contributed by atoms with Crippen LogP contribution in [0.5, 0.6) is 0 Å². The van der Waals surface area contributed by atoms with Crippen molar-refractivity contribution >= 4 is 21.7 Å². The van der Waals surface area contributed by atoms with E-state index in [1.54, 1.807) is 41.4 Å². The Labute approximate surface area is 153 Å². The van der Waals surface area contributed by atoms with Crippen LogP contribution in [0.25, 0.3) is 0 Å². The number of hydrogen-bond acceptors (Lipinski definition) is 5. The highest BCUT2D eigenvalue weighted by Gasteiger charge is 2.39. The average Bonchev–Trinajstić information content (AvgIpc) is 2.59. The largest absolute Gasteiger partial charge is 0.362 e. The van der Waals surface area contributed by atoms with Crippen LogP contribution in [0.4, 0.5) is 5.82 Å². The molecule has 1 aromatic carbocycles. The van der Waals surface area contributed by atoms with E-state index < -0.39 is 15.3 Å². The van der Waals surface area contributed by atoms with Crippen molar-refractivity contribution in [3.8, 4) is 0 Å². The zero-order valence-electron chi connectivity index (χ0n) is 14.8. The first-order valence-electron chi connectivity index (χ1n) is 8.32. The monoisotopic (exact) mass is 374 g/mol. The van der Waals surface area contributed by atoms with Crippen LogP contribution in [0.2, 0.25) is 0 Å². The molecular formula is C18H22N4O3S. The van der Waals surface area contributed by atoms with Gasteiger partial charge in [-0.05, 0) is 18.2 Å². The van der Waals surface area contributed by atoms with Gasteiger partial charge in [0.2, 0.25) is 10.0 Å². The van der Waals surface area contributed by atoms with Crippen molar-refractivity contribution in [1.82, 2.24) is 14.6 Å². The average molecular weight is 374 g/mol. The van der Waals surface area contributed by atoms with E-state index in [2.05, 4.69) is 9.71 Å². The van der Waals surface area contributed by atoms with Gasteiger partial charge < -0.3 is 9.80 Å². The molecule has 0 spiro atoms. The van der Waals surface area contributed by atoms with Crippen LogP contribution >= 0.6 is 0 Å². The fraction of sp³-hybridized carbons (Fsp3) is 0.333. The van der Waals surface area contributed by atoms with Gasteiger partial charge in [-0.3, -0.25) is 4.79 Å². The molecule has 0 bridgehead atoms. The summed E-state index contributed by atoms with van der Waals surface area (Å²) in [6, 6.07) is 12.5. The topological polar surface area (TPSA) is 82.6 Å². The van der Waals surface area contributed by atoms with Crippen molar-refractivity contribution in [2.24, 2.45) is 0 Å². The summed E-state index contributed by atoms with van der Waals surface area (Å²) in [7, 11) is 0.218. The fourth-order valence-electron chi connectivity index (χ4n) is 2.83. The summed E-state index contributed by atoms with van der Waals surface area (Å²) in [4.78, 5) is 20.0. The molecule has 7 nitrogen and oxygen atoms in total. The predicted octanol–water partition coefficient (Wildman–Crippen LogP) is 1.09. The Hall–Kier alpha value is -2.45. The maximum atomic E-state index is 12.5. The molecule has 3 rings (SSSR count). The number of aromatic nitrogens is 1. The standard InChI is InChI=1S/C18H22N4O3S/c1-21(2)17-15(9-6-10-19-17)11-20-26(24,25)16-12-22(13-16)18(23)14-7-4-3-5-8-14/h3-10,16,20H,11-13H2,1-2H3. The van der Waals surface area contributed by atoms with Crippen LogP contribution in [0.3, 0.4) is 0 Å². The predicted molar refractivity (Wildman–Crippen MR) is 100 cm³/mol. The molecule has 1 aromatic heterocycles. The van der Waals surface area contributed by atoms with Crippen LogP contribution in [0, 0.1) is 0 Å². The summed E-state index contributed by atoms with van der Waals surface area (Å²) in [5, 5.41) is -0.588. The van der Waals surface area contributed by atoms with E-state index in [0.717, 1.165) is 11.4 Å². The van der Waals surface area contributed by atoms with E-state index in [9.17, 15) is 13.2 Å². The summed E-state index contributed by atoms with van der Waals surface area (Å²) < 4.78 is 27.6. The van der Waals surface area contributed by atoms with Gasteiger partial charge in [-0.1, -0.05) is 24.3 Å². The van der Waals surface area contributed by atoms with Crippen LogP contribution in [0.1, 0.15) is 15.9 Å². The molecule has 2 aromatic rings. The van der Waals surface area contributed by atoms with Crippen LogP contribution in [0.15, 0.2) is 48.7 Å². The lowest BCUT2D eigenvalue weighted by molar-refractivity contribution is 0.0658. The lowest BCUT2D eigenvalue weighted by Gasteiger charge is -2.38. The molecule has 1 N–H and O–H groups in total. The third-order valence-corrected chi connectivity index (χ3v) is 6.07. The van der Waals surface area contributed by atoms with E-state index in [0.29, 0.717) is 5.56 Å². The molecule has 26 heavy (non-hydrogen) atoms. The fourth-order valence-corrected chi connectivity index (χ4v) is 4.18. The van der Waals surface area contributed by atoms with Crippen molar-refractivity contribution < 1.29 is 13.2 Å². The number of anilines is 1. The molecule has 1 fully saturated rings. The summed E-state index contributed by atoms with van der Waals surface area (Å²) in [5.74, 6) is 0.587.